The molecule has 0 saturated carbocycles. The Kier molecular flexibility index (Phi) is 6.54. The van der Waals surface area contributed by atoms with Crippen LogP contribution in [0.3, 0.4) is 0 Å². The third kappa shape index (κ3) is 5.32. The number of benzene rings is 2. The number of carbonyl (C=O) groups excluding carboxylic acids is 1. The first-order chi connectivity index (χ1) is 15.9. The first-order valence-corrected chi connectivity index (χ1v) is 10.9. The molecule has 2 aliphatic heterocycles. The van der Waals surface area contributed by atoms with Gasteiger partial charge in [0.1, 0.15) is 0 Å². The molecule has 2 aromatic rings. The summed E-state index contributed by atoms with van der Waals surface area (Å²) in [6, 6.07) is 16.2. The van der Waals surface area contributed by atoms with E-state index in [1.807, 2.05) is 43.3 Å². The highest BCUT2D eigenvalue weighted by Gasteiger charge is 2.60. The summed E-state index contributed by atoms with van der Waals surface area (Å²) in [5, 5.41) is 0. The standard InChI is InChI=1S/C24H24F6N2O2/c1-15-7-8-17(20(9-15)16-5-3-2-4-6-16)10-31-11-18-13-32(14-19(18)12-31)22(33)34-21(23(25,26)27)24(28,29)30/h2-9,18-19,21H,10-14H2,1H3. The molecule has 34 heavy (non-hydrogen) atoms. The Labute approximate surface area is 193 Å². The Morgan fingerprint density at radius 3 is 2.09 bits per heavy atom. The molecule has 10 heteroatoms. The van der Waals surface area contributed by atoms with E-state index in [0.29, 0.717) is 19.6 Å². The average molecular weight is 486 g/mol. The number of halogens is 6. The number of carbonyl (C=O) groups is 1. The van der Waals surface area contributed by atoms with Crippen molar-refractivity contribution in [2.45, 2.75) is 31.9 Å². The molecule has 2 saturated heterocycles. The van der Waals surface area contributed by atoms with Gasteiger partial charge in [-0.2, -0.15) is 26.3 Å². The molecule has 2 fully saturated rings. The van der Waals surface area contributed by atoms with E-state index in [2.05, 4.69) is 21.8 Å². The van der Waals surface area contributed by atoms with Gasteiger partial charge in [0.05, 0.1) is 0 Å². The van der Waals surface area contributed by atoms with Gasteiger partial charge in [0.2, 0.25) is 0 Å². The van der Waals surface area contributed by atoms with Crippen LogP contribution in [0.2, 0.25) is 0 Å². The van der Waals surface area contributed by atoms with Crippen molar-refractivity contribution in [1.82, 2.24) is 9.80 Å². The first kappa shape index (κ1) is 24.4. The quantitative estimate of drug-likeness (QED) is 0.524. The smallest absolute Gasteiger partial charge is 0.426 e. The van der Waals surface area contributed by atoms with Crippen LogP contribution in [0.4, 0.5) is 31.1 Å². The lowest BCUT2D eigenvalue weighted by atomic mass is 9.97. The lowest BCUT2D eigenvalue weighted by molar-refractivity contribution is -0.308. The third-order valence-corrected chi connectivity index (χ3v) is 6.38. The van der Waals surface area contributed by atoms with Crippen LogP contribution < -0.4 is 0 Å². The second-order valence-corrected chi connectivity index (χ2v) is 8.99. The number of alkyl halides is 6. The Morgan fingerprint density at radius 2 is 1.53 bits per heavy atom. The summed E-state index contributed by atoms with van der Waals surface area (Å²) < 4.78 is 80.1. The molecule has 0 aromatic heterocycles. The highest BCUT2D eigenvalue weighted by molar-refractivity contribution is 5.69. The lowest BCUT2D eigenvalue weighted by Crippen LogP contribution is -2.48. The predicted molar refractivity (Wildman–Crippen MR) is 113 cm³/mol. The average Bonchev–Trinajstić information content (AvgIpc) is 3.31. The predicted octanol–water partition coefficient (Wildman–Crippen LogP) is 5.66. The van der Waals surface area contributed by atoms with Crippen LogP contribution in [-0.2, 0) is 11.3 Å². The summed E-state index contributed by atoms with van der Waals surface area (Å²) in [5.74, 6) is -0.0678. The van der Waals surface area contributed by atoms with Crippen molar-refractivity contribution < 1.29 is 35.9 Å². The van der Waals surface area contributed by atoms with Gasteiger partial charge in [-0.3, -0.25) is 4.90 Å². The summed E-state index contributed by atoms with van der Waals surface area (Å²) in [7, 11) is 0. The van der Waals surface area contributed by atoms with Gasteiger partial charge < -0.3 is 9.64 Å². The van der Waals surface area contributed by atoms with Crippen molar-refractivity contribution >= 4 is 6.09 Å². The van der Waals surface area contributed by atoms with Gasteiger partial charge in [-0.15, -0.1) is 0 Å². The number of rotatable bonds is 4. The number of amides is 1. The monoisotopic (exact) mass is 486 g/mol. The minimum Gasteiger partial charge on any atom is -0.426 e. The minimum absolute atomic E-state index is 0.0339. The maximum atomic E-state index is 12.7. The molecule has 0 radical (unpaired) electrons. The first-order valence-electron chi connectivity index (χ1n) is 10.9. The van der Waals surface area contributed by atoms with E-state index in [0.717, 1.165) is 27.2 Å². The maximum Gasteiger partial charge on any atom is 0.434 e. The molecule has 0 aliphatic carbocycles. The Bertz CT molecular complexity index is 996. The summed E-state index contributed by atoms with van der Waals surface area (Å²) in [5.41, 5.74) is 4.48. The SMILES string of the molecule is Cc1ccc(CN2CC3CN(C(=O)OC(C(F)(F)F)C(F)(F)F)CC3C2)c(-c2ccccc2)c1. The Hall–Kier alpha value is -2.75. The van der Waals surface area contributed by atoms with Crippen LogP contribution in [0.1, 0.15) is 11.1 Å². The highest BCUT2D eigenvalue weighted by Crippen LogP contribution is 2.38. The number of ether oxygens (including phenoxy) is 1. The number of aryl methyl sites for hydroxylation is 1. The molecule has 184 valence electrons. The summed E-state index contributed by atoms with van der Waals surface area (Å²) >= 11 is 0. The third-order valence-electron chi connectivity index (χ3n) is 6.38. The van der Waals surface area contributed by atoms with Gasteiger partial charge in [-0.25, -0.2) is 4.79 Å². The number of fused-ring (bicyclic) bond motifs is 1. The van der Waals surface area contributed by atoms with Crippen molar-refractivity contribution in [3.8, 4) is 11.1 Å². The second-order valence-electron chi connectivity index (χ2n) is 8.99. The number of nitrogens with zero attached hydrogens (tertiary/aromatic N) is 2. The van der Waals surface area contributed by atoms with Crippen molar-refractivity contribution in [3.05, 3.63) is 59.7 Å². The van der Waals surface area contributed by atoms with Gasteiger partial charge in [0.25, 0.3) is 6.10 Å². The molecule has 0 bridgehead atoms. The molecule has 2 atom stereocenters. The van der Waals surface area contributed by atoms with Crippen LogP contribution >= 0.6 is 0 Å². The van der Waals surface area contributed by atoms with E-state index in [1.54, 1.807) is 0 Å². The summed E-state index contributed by atoms with van der Waals surface area (Å²) in [6.07, 6.45) is -17.1. The molecular weight excluding hydrogens is 462 g/mol. The fourth-order valence-electron chi connectivity index (χ4n) is 4.82. The Balaban J connectivity index is 1.38. The zero-order valence-corrected chi connectivity index (χ0v) is 18.4. The van der Waals surface area contributed by atoms with Crippen molar-refractivity contribution in [3.63, 3.8) is 0 Å². The van der Waals surface area contributed by atoms with E-state index in [9.17, 15) is 31.1 Å². The molecular formula is C24H24F6N2O2. The minimum atomic E-state index is -5.72. The molecule has 2 unspecified atom stereocenters. The van der Waals surface area contributed by atoms with E-state index >= 15 is 0 Å². The van der Waals surface area contributed by atoms with Gasteiger partial charge >= 0.3 is 18.4 Å². The number of hydrogen-bond acceptors (Lipinski definition) is 3. The topological polar surface area (TPSA) is 32.8 Å². The van der Waals surface area contributed by atoms with Crippen LogP contribution in [0.5, 0.6) is 0 Å². The van der Waals surface area contributed by atoms with Crippen LogP contribution in [0.15, 0.2) is 48.5 Å². The van der Waals surface area contributed by atoms with E-state index in [1.165, 1.54) is 0 Å². The largest absolute Gasteiger partial charge is 0.434 e. The maximum absolute atomic E-state index is 12.7. The fourth-order valence-corrected chi connectivity index (χ4v) is 4.82. The van der Waals surface area contributed by atoms with Crippen LogP contribution in [0.25, 0.3) is 11.1 Å². The van der Waals surface area contributed by atoms with E-state index in [-0.39, 0.29) is 24.9 Å². The zero-order chi connectivity index (χ0) is 24.7. The normalized spacial score (nSPS) is 21.2. The molecule has 2 aromatic carbocycles. The number of hydrogen-bond donors (Lipinski definition) is 0. The molecule has 4 rings (SSSR count). The highest BCUT2D eigenvalue weighted by atomic mass is 19.4. The molecule has 1 amide bonds. The van der Waals surface area contributed by atoms with Gasteiger partial charge in [-0.05, 0) is 35.4 Å². The van der Waals surface area contributed by atoms with Crippen molar-refractivity contribution in [2.24, 2.45) is 11.8 Å². The summed E-state index contributed by atoms with van der Waals surface area (Å²) in [4.78, 5) is 15.2. The van der Waals surface area contributed by atoms with E-state index < -0.39 is 24.5 Å². The van der Waals surface area contributed by atoms with Crippen LogP contribution in [-0.4, -0.2) is 60.5 Å². The second kappa shape index (κ2) is 9.13. The van der Waals surface area contributed by atoms with Gasteiger partial charge in [-0.1, -0.05) is 54.1 Å². The fraction of sp³-hybridized carbons (Fsp3) is 0.458. The van der Waals surface area contributed by atoms with Gasteiger partial charge in [0, 0.05) is 32.7 Å². The van der Waals surface area contributed by atoms with Crippen LogP contribution in [0, 0.1) is 18.8 Å². The molecule has 2 heterocycles. The molecule has 0 N–H and O–H groups in total. The Morgan fingerprint density at radius 1 is 0.941 bits per heavy atom. The molecule has 2 aliphatic rings. The number of likely N-dealkylation sites (tertiary alicyclic amines) is 2. The lowest BCUT2D eigenvalue weighted by Gasteiger charge is -2.26. The van der Waals surface area contributed by atoms with Gasteiger partial charge in [0.15, 0.2) is 0 Å². The molecule has 0 spiro atoms. The van der Waals surface area contributed by atoms with Crippen molar-refractivity contribution in [2.75, 3.05) is 26.2 Å². The van der Waals surface area contributed by atoms with Crippen molar-refractivity contribution in [1.29, 1.82) is 0 Å². The zero-order valence-electron chi connectivity index (χ0n) is 18.4. The summed E-state index contributed by atoms with van der Waals surface area (Å²) in [6.45, 7) is 4.01. The molecule has 4 nitrogen and oxygen atoms in total. The van der Waals surface area contributed by atoms with E-state index in [4.69, 9.17) is 0 Å².